The van der Waals surface area contributed by atoms with Crippen molar-refractivity contribution >= 4 is 22.2 Å². The highest BCUT2D eigenvalue weighted by atomic mass is 16.1. The standard InChI is InChI=1S/C16H12N2O/c17-15-8-9-18-10-14(15)16(19)13-7-3-5-11-4-1-2-6-12(11)13/h1-10H,(H2,17,18). The molecule has 0 atom stereocenters. The van der Waals surface area contributed by atoms with Gasteiger partial charge in [-0.15, -0.1) is 0 Å². The third-order valence-electron chi connectivity index (χ3n) is 3.13. The second-order valence-corrected chi connectivity index (χ2v) is 4.32. The monoisotopic (exact) mass is 248 g/mol. The van der Waals surface area contributed by atoms with E-state index in [-0.39, 0.29) is 5.78 Å². The van der Waals surface area contributed by atoms with E-state index in [2.05, 4.69) is 4.98 Å². The zero-order valence-corrected chi connectivity index (χ0v) is 10.2. The molecule has 3 aromatic rings. The van der Waals surface area contributed by atoms with Gasteiger partial charge in [-0.25, -0.2) is 0 Å². The molecule has 2 N–H and O–H groups in total. The SMILES string of the molecule is Nc1ccncc1C(=O)c1cccc2ccccc12. The topological polar surface area (TPSA) is 56.0 Å². The van der Waals surface area contributed by atoms with Crippen molar-refractivity contribution in [2.75, 3.05) is 5.73 Å². The minimum Gasteiger partial charge on any atom is -0.398 e. The lowest BCUT2D eigenvalue weighted by atomic mass is 9.97. The minimum absolute atomic E-state index is 0.0950. The van der Waals surface area contributed by atoms with Gasteiger partial charge >= 0.3 is 0 Å². The average Bonchev–Trinajstić information content (AvgIpc) is 2.46. The molecule has 1 aromatic heterocycles. The maximum absolute atomic E-state index is 12.6. The molecule has 2 aromatic carbocycles. The first-order chi connectivity index (χ1) is 9.27. The van der Waals surface area contributed by atoms with Crippen LogP contribution in [0.2, 0.25) is 0 Å². The molecule has 0 aliphatic rings. The first-order valence-electron chi connectivity index (χ1n) is 5.99. The van der Waals surface area contributed by atoms with Gasteiger partial charge in [0, 0.05) is 23.6 Å². The van der Waals surface area contributed by atoms with E-state index in [1.165, 1.54) is 6.20 Å². The molecule has 0 aliphatic carbocycles. The van der Waals surface area contributed by atoms with E-state index in [9.17, 15) is 4.79 Å². The van der Waals surface area contributed by atoms with Crippen LogP contribution in [0, 0.1) is 0 Å². The molecule has 3 rings (SSSR count). The normalized spacial score (nSPS) is 10.5. The van der Waals surface area contributed by atoms with Crippen LogP contribution in [-0.4, -0.2) is 10.8 Å². The Morgan fingerprint density at radius 3 is 2.58 bits per heavy atom. The number of nitrogens with zero attached hydrogens (tertiary/aromatic N) is 1. The van der Waals surface area contributed by atoms with Crippen molar-refractivity contribution in [3.8, 4) is 0 Å². The number of anilines is 1. The summed E-state index contributed by atoms with van der Waals surface area (Å²) in [6.45, 7) is 0. The fraction of sp³-hybridized carbons (Fsp3) is 0. The number of carbonyl (C=O) groups excluding carboxylic acids is 1. The van der Waals surface area contributed by atoms with Crippen molar-refractivity contribution in [1.29, 1.82) is 0 Å². The number of nitrogens with two attached hydrogens (primary N) is 1. The molecule has 0 unspecified atom stereocenters. The summed E-state index contributed by atoms with van der Waals surface area (Å²) >= 11 is 0. The Bertz CT molecular complexity index is 760. The summed E-state index contributed by atoms with van der Waals surface area (Å²) in [4.78, 5) is 16.5. The number of hydrogen-bond acceptors (Lipinski definition) is 3. The second-order valence-electron chi connectivity index (χ2n) is 4.32. The van der Waals surface area contributed by atoms with Gasteiger partial charge < -0.3 is 5.73 Å². The molecule has 0 spiro atoms. The van der Waals surface area contributed by atoms with Crippen molar-refractivity contribution in [1.82, 2.24) is 4.98 Å². The van der Waals surface area contributed by atoms with E-state index in [0.717, 1.165) is 10.8 Å². The maximum atomic E-state index is 12.6. The molecular weight excluding hydrogens is 236 g/mol. The Morgan fingerprint density at radius 2 is 1.74 bits per heavy atom. The molecule has 3 heteroatoms. The first-order valence-corrected chi connectivity index (χ1v) is 5.99. The number of fused-ring (bicyclic) bond motifs is 1. The van der Waals surface area contributed by atoms with Crippen LogP contribution in [0.5, 0.6) is 0 Å². The Labute approximate surface area is 110 Å². The minimum atomic E-state index is -0.0950. The highest BCUT2D eigenvalue weighted by molar-refractivity contribution is 6.18. The van der Waals surface area contributed by atoms with Gasteiger partial charge in [-0.1, -0.05) is 42.5 Å². The molecule has 0 bridgehead atoms. The largest absolute Gasteiger partial charge is 0.398 e. The third kappa shape index (κ3) is 1.95. The number of pyridine rings is 1. The van der Waals surface area contributed by atoms with Gasteiger partial charge in [0.15, 0.2) is 5.78 Å². The van der Waals surface area contributed by atoms with Gasteiger partial charge in [0.2, 0.25) is 0 Å². The maximum Gasteiger partial charge on any atom is 0.197 e. The lowest BCUT2D eigenvalue weighted by Crippen LogP contribution is -2.06. The van der Waals surface area contributed by atoms with Gasteiger partial charge in [0.25, 0.3) is 0 Å². The zero-order chi connectivity index (χ0) is 13.2. The van der Waals surface area contributed by atoms with Gasteiger partial charge in [0.1, 0.15) is 0 Å². The number of nitrogen functional groups attached to an aromatic ring is 1. The summed E-state index contributed by atoms with van der Waals surface area (Å²) in [5.74, 6) is -0.0950. The van der Waals surface area contributed by atoms with Crippen molar-refractivity contribution in [2.24, 2.45) is 0 Å². The van der Waals surface area contributed by atoms with E-state index >= 15 is 0 Å². The molecule has 0 amide bonds. The first kappa shape index (κ1) is 11.4. The predicted molar refractivity (Wildman–Crippen MR) is 76.0 cm³/mol. The fourth-order valence-corrected chi connectivity index (χ4v) is 2.16. The molecule has 3 nitrogen and oxygen atoms in total. The lowest BCUT2D eigenvalue weighted by molar-refractivity contribution is 0.104. The molecule has 19 heavy (non-hydrogen) atoms. The molecule has 0 saturated carbocycles. The number of aromatic nitrogens is 1. The summed E-state index contributed by atoms with van der Waals surface area (Å²) in [7, 11) is 0. The summed E-state index contributed by atoms with van der Waals surface area (Å²) < 4.78 is 0. The lowest BCUT2D eigenvalue weighted by Gasteiger charge is -2.07. The molecule has 1 heterocycles. The van der Waals surface area contributed by atoms with Crippen molar-refractivity contribution in [3.05, 3.63) is 72.1 Å². The van der Waals surface area contributed by atoms with E-state index < -0.39 is 0 Å². The number of carbonyl (C=O) groups is 1. The van der Waals surface area contributed by atoms with Crippen molar-refractivity contribution < 1.29 is 4.79 Å². The van der Waals surface area contributed by atoms with Gasteiger partial charge in [0.05, 0.1) is 5.56 Å². The van der Waals surface area contributed by atoms with Crippen LogP contribution in [0.4, 0.5) is 5.69 Å². The van der Waals surface area contributed by atoms with Crippen molar-refractivity contribution in [2.45, 2.75) is 0 Å². The Kier molecular flexibility index (Phi) is 2.72. The molecular formula is C16H12N2O. The van der Waals surface area contributed by atoms with Crippen LogP contribution in [0.25, 0.3) is 10.8 Å². The number of rotatable bonds is 2. The van der Waals surface area contributed by atoms with Crippen LogP contribution in [0.15, 0.2) is 60.9 Å². The van der Waals surface area contributed by atoms with E-state index in [1.807, 2.05) is 42.5 Å². The van der Waals surface area contributed by atoms with Crippen LogP contribution in [0.1, 0.15) is 15.9 Å². The highest BCUT2D eigenvalue weighted by Crippen LogP contribution is 2.23. The van der Waals surface area contributed by atoms with Crippen LogP contribution in [-0.2, 0) is 0 Å². The zero-order valence-electron chi connectivity index (χ0n) is 10.2. The summed E-state index contributed by atoms with van der Waals surface area (Å²) in [6, 6.07) is 15.1. The Hall–Kier alpha value is -2.68. The van der Waals surface area contributed by atoms with Gasteiger partial charge in [-0.05, 0) is 16.8 Å². The Morgan fingerprint density at radius 1 is 0.947 bits per heavy atom. The van der Waals surface area contributed by atoms with E-state index in [0.29, 0.717) is 16.8 Å². The molecule has 0 fully saturated rings. The third-order valence-corrected chi connectivity index (χ3v) is 3.13. The van der Waals surface area contributed by atoms with Crippen molar-refractivity contribution in [3.63, 3.8) is 0 Å². The summed E-state index contributed by atoms with van der Waals surface area (Å²) in [5.41, 5.74) is 7.39. The quantitative estimate of drug-likeness (QED) is 0.709. The van der Waals surface area contributed by atoms with E-state index in [1.54, 1.807) is 12.3 Å². The smallest absolute Gasteiger partial charge is 0.197 e. The highest BCUT2D eigenvalue weighted by Gasteiger charge is 2.14. The molecule has 92 valence electrons. The predicted octanol–water partition coefficient (Wildman–Crippen LogP) is 3.05. The Balaban J connectivity index is 2.20. The second kappa shape index (κ2) is 4.53. The number of benzene rings is 2. The molecule has 0 aliphatic heterocycles. The summed E-state index contributed by atoms with van der Waals surface area (Å²) in [6.07, 6.45) is 3.09. The van der Waals surface area contributed by atoms with Gasteiger partial charge in [-0.2, -0.15) is 0 Å². The van der Waals surface area contributed by atoms with Crippen LogP contribution in [0.3, 0.4) is 0 Å². The number of ketones is 1. The molecule has 0 radical (unpaired) electrons. The fourth-order valence-electron chi connectivity index (χ4n) is 2.16. The molecule has 0 saturated heterocycles. The van der Waals surface area contributed by atoms with E-state index in [4.69, 9.17) is 5.73 Å². The average molecular weight is 248 g/mol. The van der Waals surface area contributed by atoms with Crippen LogP contribution >= 0.6 is 0 Å². The van der Waals surface area contributed by atoms with Gasteiger partial charge in [-0.3, -0.25) is 9.78 Å². The van der Waals surface area contributed by atoms with Crippen LogP contribution < -0.4 is 5.73 Å². The number of hydrogen-bond donors (Lipinski definition) is 1. The summed E-state index contributed by atoms with van der Waals surface area (Å²) in [5, 5.41) is 1.97.